The number of rotatable bonds is 7. The topological polar surface area (TPSA) is 55.4 Å². The summed E-state index contributed by atoms with van der Waals surface area (Å²) < 4.78 is 6.19. The Morgan fingerprint density at radius 3 is 2.78 bits per heavy atom. The molecular formula is C18H18BrNO3. The Bertz CT molecular complexity index is 700. The molecule has 0 aromatic heterocycles. The number of benzene rings is 2. The van der Waals surface area contributed by atoms with Crippen LogP contribution in [0, 0.1) is 6.92 Å². The largest absolute Gasteiger partial charge is 0.483 e. The molecule has 0 aliphatic rings. The molecule has 2 rings (SSSR count). The molecule has 5 heteroatoms. The van der Waals surface area contributed by atoms with Crippen molar-refractivity contribution in [3.8, 4) is 5.75 Å². The maximum atomic E-state index is 11.8. The molecule has 0 radical (unpaired) electrons. The Morgan fingerprint density at radius 1 is 1.26 bits per heavy atom. The van der Waals surface area contributed by atoms with Crippen molar-refractivity contribution >= 4 is 28.1 Å². The fourth-order valence-corrected chi connectivity index (χ4v) is 2.54. The van der Waals surface area contributed by atoms with Gasteiger partial charge in [0.15, 0.2) is 12.9 Å². The highest BCUT2D eigenvalue weighted by Gasteiger charge is 2.07. The van der Waals surface area contributed by atoms with Crippen molar-refractivity contribution in [3.63, 3.8) is 0 Å². The fourth-order valence-electron chi connectivity index (χ4n) is 2.16. The molecule has 0 spiro atoms. The predicted molar refractivity (Wildman–Crippen MR) is 92.9 cm³/mol. The maximum Gasteiger partial charge on any atom is 0.257 e. The SMILES string of the molecule is Cc1ccccc1CCNC(=O)COc1ccc(Br)cc1C=O. The molecule has 4 nitrogen and oxygen atoms in total. The quantitative estimate of drug-likeness (QED) is 0.755. The summed E-state index contributed by atoms with van der Waals surface area (Å²) in [5.74, 6) is 0.190. The van der Waals surface area contributed by atoms with E-state index < -0.39 is 0 Å². The van der Waals surface area contributed by atoms with Crippen LogP contribution in [0.5, 0.6) is 5.75 Å². The van der Waals surface area contributed by atoms with Crippen molar-refractivity contribution in [1.82, 2.24) is 5.32 Å². The van der Waals surface area contributed by atoms with Crippen LogP contribution < -0.4 is 10.1 Å². The second-order valence-electron chi connectivity index (χ2n) is 5.12. The summed E-state index contributed by atoms with van der Waals surface area (Å²) in [6, 6.07) is 13.2. The van der Waals surface area contributed by atoms with E-state index in [1.807, 2.05) is 12.1 Å². The number of hydrogen-bond donors (Lipinski definition) is 1. The third-order valence-electron chi connectivity index (χ3n) is 3.44. The fraction of sp³-hybridized carbons (Fsp3) is 0.222. The Hall–Kier alpha value is -2.14. The summed E-state index contributed by atoms with van der Waals surface area (Å²) in [5.41, 5.74) is 2.83. The molecule has 0 unspecified atom stereocenters. The van der Waals surface area contributed by atoms with Crippen LogP contribution >= 0.6 is 15.9 Å². The molecule has 1 N–H and O–H groups in total. The van der Waals surface area contributed by atoms with Crippen LogP contribution in [0.1, 0.15) is 21.5 Å². The zero-order valence-corrected chi connectivity index (χ0v) is 14.4. The molecule has 0 aliphatic carbocycles. The first-order valence-electron chi connectivity index (χ1n) is 7.29. The highest BCUT2D eigenvalue weighted by molar-refractivity contribution is 9.10. The van der Waals surface area contributed by atoms with Crippen molar-refractivity contribution in [2.45, 2.75) is 13.3 Å². The average molecular weight is 376 g/mol. The van der Waals surface area contributed by atoms with Crippen LogP contribution in [-0.2, 0) is 11.2 Å². The van der Waals surface area contributed by atoms with E-state index in [0.717, 1.165) is 10.9 Å². The minimum Gasteiger partial charge on any atom is -0.483 e. The van der Waals surface area contributed by atoms with Crippen molar-refractivity contribution in [2.75, 3.05) is 13.2 Å². The Labute approximate surface area is 144 Å². The molecule has 0 saturated carbocycles. The number of halogens is 1. The number of aryl methyl sites for hydroxylation is 1. The van der Waals surface area contributed by atoms with Gasteiger partial charge in [-0.2, -0.15) is 0 Å². The molecule has 0 fully saturated rings. The Kier molecular flexibility index (Phi) is 6.35. The highest BCUT2D eigenvalue weighted by atomic mass is 79.9. The first-order valence-corrected chi connectivity index (χ1v) is 8.08. The molecule has 0 aliphatic heterocycles. The van der Waals surface area contributed by atoms with Gasteiger partial charge >= 0.3 is 0 Å². The van der Waals surface area contributed by atoms with Crippen LogP contribution in [-0.4, -0.2) is 25.3 Å². The smallest absolute Gasteiger partial charge is 0.257 e. The zero-order chi connectivity index (χ0) is 16.7. The standard InChI is InChI=1S/C18H18BrNO3/c1-13-4-2-3-5-14(13)8-9-20-18(22)12-23-17-7-6-16(19)10-15(17)11-21/h2-7,10-11H,8-9,12H2,1H3,(H,20,22). The summed E-state index contributed by atoms with van der Waals surface area (Å²) in [5, 5.41) is 2.82. The van der Waals surface area contributed by atoms with Crippen LogP contribution in [0.2, 0.25) is 0 Å². The van der Waals surface area contributed by atoms with Crippen LogP contribution in [0.15, 0.2) is 46.9 Å². The van der Waals surface area contributed by atoms with Crippen molar-refractivity contribution in [3.05, 3.63) is 63.6 Å². The van der Waals surface area contributed by atoms with E-state index in [0.29, 0.717) is 24.1 Å². The van der Waals surface area contributed by atoms with Crippen molar-refractivity contribution < 1.29 is 14.3 Å². The predicted octanol–water partition coefficient (Wildman–Crippen LogP) is 3.31. The third-order valence-corrected chi connectivity index (χ3v) is 3.93. The molecule has 120 valence electrons. The van der Waals surface area contributed by atoms with Crippen LogP contribution in [0.25, 0.3) is 0 Å². The van der Waals surface area contributed by atoms with Gasteiger partial charge in [0.1, 0.15) is 5.75 Å². The van der Waals surface area contributed by atoms with Gasteiger partial charge in [0.2, 0.25) is 0 Å². The molecule has 0 bridgehead atoms. The number of ether oxygens (including phenoxy) is 1. The monoisotopic (exact) mass is 375 g/mol. The summed E-state index contributed by atoms with van der Waals surface area (Å²) in [4.78, 5) is 22.8. The van der Waals surface area contributed by atoms with Crippen LogP contribution in [0.3, 0.4) is 0 Å². The molecule has 0 saturated heterocycles. The van der Waals surface area contributed by atoms with Gasteiger partial charge in [-0.05, 0) is 42.7 Å². The second-order valence-corrected chi connectivity index (χ2v) is 6.03. The van der Waals surface area contributed by atoms with Crippen LogP contribution in [0.4, 0.5) is 0 Å². The zero-order valence-electron chi connectivity index (χ0n) is 12.8. The minimum atomic E-state index is -0.210. The third kappa shape index (κ3) is 5.21. The number of carbonyl (C=O) groups excluding carboxylic acids is 2. The van der Waals surface area contributed by atoms with Gasteiger partial charge in [0.25, 0.3) is 5.91 Å². The molecule has 2 aromatic carbocycles. The summed E-state index contributed by atoms with van der Waals surface area (Å²) in [6.45, 7) is 2.49. The number of aldehydes is 1. The highest BCUT2D eigenvalue weighted by Crippen LogP contribution is 2.21. The van der Waals surface area contributed by atoms with E-state index in [2.05, 4.69) is 40.3 Å². The van der Waals surface area contributed by atoms with E-state index in [-0.39, 0.29) is 12.5 Å². The van der Waals surface area contributed by atoms with Gasteiger partial charge < -0.3 is 10.1 Å². The van der Waals surface area contributed by atoms with Crippen molar-refractivity contribution in [1.29, 1.82) is 0 Å². The summed E-state index contributed by atoms with van der Waals surface area (Å²) in [7, 11) is 0. The second kappa shape index (κ2) is 8.48. The lowest BCUT2D eigenvalue weighted by molar-refractivity contribution is -0.123. The number of nitrogens with one attached hydrogen (secondary N) is 1. The van der Waals surface area contributed by atoms with Gasteiger partial charge in [-0.25, -0.2) is 0 Å². The normalized spacial score (nSPS) is 10.2. The van der Waals surface area contributed by atoms with Gasteiger partial charge in [-0.3, -0.25) is 9.59 Å². The molecule has 2 aromatic rings. The first kappa shape index (κ1) is 17.2. The van der Waals surface area contributed by atoms with E-state index in [9.17, 15) is 9.59 Å². The van der Waals surface area contributed by atoms with E-state index in [1.165, 1.54) is 11.1 Å². The van der Waals surface area contributed by atoms with Gasteiger partial charge in [0.05, 0.1) is 5.56 Å². The number of hydrogen-bond acceptors (Lipinski definition) is 3. The first-order chi connectivity index (χ1) is 11.1. The average Bonchev–Trinajstić information content (AvgIpc) is 2.55. The number of amides is 1. The van der Waals surface area contributed by atoms with E-state index >= 15 is 0 Å². The maximum absolute atomic E-state index is 11.8. The lowest BCUT2D eigenvalue weighted by atomic mass is 10.1. The molecule has 23 heavy (non-hydrogen) atoms. The molecular weight excluding hydrogens is 358 g/mol. The van der Waals surface area contributed by atoms with E-state index in [4.69, 9.17) is 4.74 Å². The minimum absolute atomic E-state index is 0.115. The van der Waals surface area contributed by atoms with Gasteiger partial charge in [-0.1, -0.05) is 40.2 Å². The lowest BCUT2D eigenvalue weighted by Gasteiger charge is -2.10. The van der Waals surface area contributed by atoms with Gasteiger partial charge in [0, 0.05) is 11.0 Å². The summed E-state index contributed by atoms with van der Waals surface area (Å²) >= 11 is 3.29. The number of carbonyl (C=O) groups is 2. The molecule has 1 amide bonds. The van der Waals surface area contributed by atoms with Gasteiger partial charge in [-0.15, -0.1) is 0 Å². The van der Waals surface area contributed by atoms with Crippen molar-refractivity contribution in [2.24, 2.45) is 0 Å². The molecule has 0 atom stereocenters. The Morgan fingerprint density at radius 2 is 2.04 bits per heavy atom. The lowest BCUT2D eigenvalue weighted by Crippen LogP contribution is -2.30. The summed E-state index contributed by atoms with van der Waals surface area (Å²) in [6.07, 6.45) is 1.48. The van der Waals surface area contributed by atoms with E-state index in [1.54, 1.807) is 18.2 Å². The molecule has 0 heterocycles. The Balaban J connectivity index is 1.79.